The summed E-state index contributed by atoms with van der Waals surface area (Å²) in [6, 6.07) is 6.15. The van der Waals surface area contributed by atoms with E-state index in [4.69, 9.17) is 5.73 Å². The van der Waals surface area contributed by atoms with Crippen molar-refractivity contribution in [3.8, 4) is 0 Å². The average molecular weight is 386 g/mol. The van der Waals surface area contributed by atoms with Crippen molar-refractivity contribution in [2.45, 2.75) is 64.6 Å². The van der Waals surface area contributed by atoms with Gasteiger partial charge >= 0.3 is 0 Å². The molecule has 1 aliphatic heterocycles. The zero-order chi connectivity index (χ0) is 20.5. The Morgan fingerprint density at radius 1 is 1.11 bits per heavy atom. The molecule has 0 unspecified atom stereocenters. The fraction of sp³-hybridized carbons (Fsp3) is 0.571. The zero-order valence-corrected chi connectivity index (χ0v) is 16.8. The Morgan fingerprint density at radius 3 is 2.29 bits per heavy atom. The van der Waals surface area contributed by atoms with Crippen molar-refractivity contribution in [3.05, 3.63) is 29.8 Å². The molecule has 1 heterocycles. The van der Waals surface area contributed by atoms with E-state index in [-0.39, 0.29) is 23.3 Å². The first-order chi connectivity index (χ1) is 13.2. The van der Waals surface area contributed by atoms with E-state index in [1.54, 1.807) is 29.2 Å². The molecule has 28 heavy (non-hydrogen) atoms. The van der Waals surface area contributed by atoms with Gasteiger partial charge in [-0.1, -0.05) is 20.8 Å². The van der Waals surface area contributed by atoms with E-state index in [9.17, 15) is 14.4 Å². The number of likely N-dealkylation sites (tertiary alicyclic amines) is 1. The number of nitrogens with one attached hydrogen (secondary N) is 2. The quantitative estimate of drug-likeness (QED) is 0.694. The molecule has 2 atom stereocenters. The second-order valence-electron chi connectivity index (χ2n) is 8.86. The van der Waals surface area contributed by atoms with E-state index in [0.29, 0.717) is 18.5 Å². The Kier molecular flexibility index (Phi) is 5.63. The van der Waals surface area contributed by atoms with Gasteiger partial charge in [0.15, 0.2) is 0 Å². The highest BCUT2D eigenvalue weighted by molar-refractivity contribution is 5.94. The molecule has 1 aliphatic carbocycles. The van der Waals surface area contributed by atoms with E-state index in [0.717, 1.165) is 24.9 Å². The minimum Gasteiger partial charge on any atom is -0.373 e. The van der Waals surface area contributed by atoms with Gasteiger partial charge in [-0.3, -0.25) is 14.4 Å². The summed E-state index contributed by atoms with van der Waals surface area (Å²) < 4.78 is 0. The summed E-state index contributed by atoms with van der Waals surface area (Å²) in [5.74, 6) is -0.594. The predicted molar refractivity (Wildman–Crippen MR) is 108 cm³/mol. The topological polar surface area (TPSA) is 105 Å². The third-order valence-corrected chi connectivity index (χ3v) is 5.36. The van der Waals surface area contributed by atoms with Gasteiger partial charge in [0, 0.05) is 23.8 Å². The summed E-state index contributed by atoms with van der Waals surface area (Å²) in [6.07, 6.45) is 3.59. The number of hydrogen-bond acceptors (Lipinski definition) is 4. The molecule has 0 bridgehead atoms. The minimum atomic E-state index is -0.499. The van der Waals surface area contributed by atoms with Crippen LogP contribution in [0, 0.1) is 5.41 Å². The lowest BCUT2D eigenvalue weighted by molar-refractivity contribution is -0.140. The molecule has 4 N–H and O–H groups in total. The molecule has 7 nitrogen and oxygen atoms in total. The summed E-state index contributed by atoms with van der Waals surface area (Å²) in [5.41, 5.74) is 6.08. The molecular weight excluding hydrogens is 356 g/mol. The number of carbonyl (C=O) groups is 3. The Morgan fingerprint density at radius 2 is 1.75 bits per heavy atom. The maximum atomic E-state index is 13.4. The summed E-state index contributed by atoms with van der Waals surface area (Å²) in [4.78, 5) is 39.0. The fourth-order valence-electron chi connectivity index (χ4n) is 3.54. The van der Waals surface area contributed by atoms with Crippen LogP contribution in [-0.4, -0.2) is 47.3 Å². The Labute approximate surface area is 166 Å². The number of benzene rings is 1. The van der Waals surface area contributed by atoms with E-state index in [1.807, 2.05) is 20.8 Å². The molecule has 0 spiro atoms. The number of nitrogens with zero attached hydrogens (tertiary/aromatic N) is 1. The fourth-order valence-corrected chi connectivity index (χ4v) is 3.54. The van der Waals surface area contributed by atoms with Crippen LogP contribution in [0.15, 0.2) is 24.3 Å². The van der Waals surface area contributed by atoms with Gasteiger partial charge < -0.3 is 21.3 Å². The van der Waals surface area contributed by atoms with Gasteiger partial charge in [0.25, 0.3) is 0 Å². The lowest BCUT2D eigenvalue weighted by Crippen LogP contribution is -2.54. The van der Waals surface area contributed by atoms with Crippen LogP contribution in [0.2, 0.25) is 0 Å². The van der Waals surface area contributed by atoms with Crippen molar-refractivity contribution < 1.29 is 14.4 Å². The highest BCUT2D eigenvalue weighted by Crippen LogP contribution is 2.29. The monoisotopic (exact) mass is 386 g/mol. The smallest absolute Gasteiger partial charge is 0.248 e. The van der Waals surface area contributed by atoms with Gasteiger partial charge in [0.1, 0.15) is 12.1 Å². The standard InChI is InChI=1S/C21H30N4O3/c1-21(2,3)17(23-14-8-6-13(7-9-14)18(22)26)20(28)25-12-4-5-16(25)19(27)24-15-10-11-15/h6-9,15-17,23H,4-5,10-12H2,1-3H3,(H2,22,26)(H,24,27)/t16-,17-/m0/s1. The molecule has 152 valence electrons. The molecule has 3 amide bonds. The number of rotatable bonds is 6. The summed E-state index contributed by atoms with van der Waals surface area (Å²) in [7, 11) is 0. The Balaban J connectivity index is 1.75. The highest BCUT2D eigenvalue weighted by atomic mass is 16.2. The molecule has 1 aromatic carbocycles. The SMILES string of the molecule is CC(C)(C)[C@@H](Nc1ccc(C(N)=O)cc1)C(=O)N1CCC[C@H]1C(=O)NC1CC1. The average Bonchev–Trinajstić information content (AvgIpc) is 3.30. The van der Waals surface area contributed by atoms with Crippen LogP contribution in [0.25, 0.3) is 0 Å². The molecule has 0 radical (unpaired) electrons. The minimum absolute atomic E-state index is 0.0354. The van der Waals surface area contributed by atoms with Crippen LogP contribution in [0.4, 0.5) is 5.69 Å². The van der Waals surface area contributed by atoms with Gasteiger partial charge in [-0.2, -0.15) is 0 Å². The molecule has 2 aliphatic rings. The number of hydrogen-bond donors (Lipinski definition) is 3. The van der Waals surface area contributed by atoms with Gasteiger partial charge in [-0.15, -0.1) is 0 Å². The molecule has 2 fully saturated rings. The Hall–Kier alpha value is -2.57. The van der Waals surface area contributed by atoms with E-state index in [2.05, 4.69) is 10.6 Å². The van der Waals surface area contributed by atoms with E-state index < -0.39 is 18.0 Å². The predicted octanol–water partition coefficient (Wildman–Crippen LogP) is 1.88. The van der Waals surface area contributed by atoms with Crippen LogP contribution in [0.1, 0.15) is 56.8 Å². The van der Waals surface area contributed by atoms with Gasteiger partial charge in [-0.25, -0.2) is 0 Å². The molecule has 1 saturated heterocycles. The van der Waals surface area contributed by atoms with Gasteiger partial charge in [-0.05, 0) is 55.4 Å². The Bertz CT molecular complexity index is 750. The highest BCUT2D eigenvalue weighted by Gasteiger charge is 2.42. The number of carbonyl (C=O) groups excluding carboxylic acids is 3. The van der Waals surface area contributed by atoms with E-state index >= 15 is 0 Å². The number of amides is 3. The van der Waals surface area contributed by atoms with Crippen molar-refractivity contribution >= 4 is 23.4 Å². The normalized spacial score (nSPS) is 20.5. The van der Waals surface area contributed by atoms with Crippen LogP contribution in [-0.2, 0) is 9.59 Å². The summed E-state index contributed by atoms with van der Waals surface area (Å²) in [6.45, 7) is 6.58. The zero-order valence-electron chi connectivity index (χ0n) is 16.8. The summed E-state index contributed by atoms with van der Waals surface area (Å²) >= 11 is 0. The molecule has 7 heteroatoms. The third-order valence-electron chi connectivity index (χ3n) is 5.36. The molecule has 1 saturated carbocycles. The van der Waals surface area contributed by atoms with Crippen LogP contribution in [0.5, 0.6) is 0 Å². The van der Waals surface area contributed by atoms with Crippen LogP contribution in [0.3, 0.4) is 0 Å². The van der Waals surface area contributed by atoms with Crippen molar-refractivity contribution in [1.82, 2.24) is 10.2 Å². The molecular formula is C21H30N4O3. The first kappa shape index (κ1) is 20.2. The van der Waals surface area contributed by atoms with Crippen molar-refractivity contribution in [2.75, 3.05) is 11.9 Å². The first-order valence-corrected chi connectivity index (χ1v) is 9.94. The van der Waals surface area contributed by atoms with Gasteiger partial charge in [0.05, 0.1) is 0 Å². The number of primary amides is 1. The van der Waals surface area contributed by atoms with E-state index in [1.165, 1.54) is 0 Å². The lowest BCUT2D eigenvalue weighted by Gasteiger charge is -2.36. The van der Waals surface area contributed by atoms with Crippen LogP contribution < -0.4 is 16.4 Å². The maximum absolute atomic E-state index is 13.4. The second kappa shape index (κ2) is 7.81. The number of anilines is 1. The summed E-state index contributed by atoms with van der Waals surface area (Å²) in [5, 5.41) is 6.33. The van der Waals surface area contributed by atoms with Crippen molar-refractivity contribution in [1.29, 1.82) is 0 Å². The van der Waals surface area contributed by atoms with Gasteiger partial charge in [0.2, 0.25) is 17.7 Å². The number of nitrogens with two attached hydrogens (primary N) is 1. The maximum Gasteiger partial charge on any atom is 0.248 e. The van der Waals surface area contributed by atoms with Crippen LogP contribution >= 0.6 is 0 Å². The van der Waals surface area contributed by atoms with Crippen molar-refractivity contribution in [2.24, 2.45) is 11.1 Å². The van der Waals surface area contributed by atoms with Crippen molar-refractivity contribution in [3.63, 3.8) is 0 Å². The second-order valence-corrected chi connectivity index (χ2v) is 8.86. The largest absolute Gasteiger partial charge is 0.373 e. The molecule has 3 rings (SSSR count). The lowest BCUT2D eigenvalue weighted by atomic mass is 9.85. The first-order valence-electron chi connectivity index (χ1n) is 9.94. The molecule has 1 aromatic rings. The molecule has 0 aromatic heterocycles. The third kappa shape index (κ3) is 4.64.